The van der Waals surface area contributed by atoms with Crippen LogP contribution in [0.2, 0.25) is 0 Å². The van der Waals surface area contributed by atoms with Gasteiger partial charge in [0, 0.05) is 23.3 Å². The second kappa shape index (κ2) is 7.98. The summed E-state index contributed by atoms with van der Waals surface area (Å²) in [4.78, 5) is 34.6. The Bertz CT molecular complexity index is 824. The largest absolute Gasteiger partial charge is 0.346 e. The van der Waals surface area contributed by atoms with E-state index in [2.05, 4.69) is 21.2 Å². The molecule has 2 aromatic carbocycles. The molecule has 6 nitrogen and oxygen atoms in total. The quantitative estimate of drug-likeness (QED) is 0.340. The first-order chi connectivity index (χ1) is 11.8. The SMILES string of the molecule is C[C@@H](NC(=O)c1cc(C(=O)CBr)cc([N+](=O)[O-])c1)c1ccc(F)cc1. The number of nitro groups is 1. The highest BCUT2D eigenvalue weighted by Crippen LogP contribution is 2.20. The van der Waals surface area contributed by atoms with Crippen LogP contribution in [0.3, 0.4) is 0 Å². The van der Waals surface area contributed by atoms with Crippen LogP contribution in [0.25, 0.3) is 0 Å². The highest BCUT2D eigenvalue weighted by atomic mass is 79.9. The molecule has 1 amide bonds. The Balaban J connectivity index is 2.28. The number of alkyl halides is 1. The van der Waals surface area contributed by atoms with Crippen molar-refractivity contribution in [1.82, 2.24) is 5.32 Å². The number of rotatable bonds is 6. The predicted octanol–water partition coefficient (Wildman–Crippen LogP) is 3.80. The van der Waals surface area contributed by atoms with E-state index in [1.807, 2.05) is 0 Å². The summed E-state index contributed by atoms with van der Waals surface area (Å²) in [5, 5.41) is 13.7. The van der Waals surface area contributed by atoms with Gasteiger partial charge in [-0.3, -0.25) is 19.7 Å². The van der Waals surface area contributed by atoms with Crippen molar-refractivity contribution in [3.8, 4) is 0 Å². The van der Waals surface area contributed by atoms with E-state index in [0.717, 1.165) is 12.1 Å². The van der Waals surface area contributed by atoms with Crippen LogP contribution in [0.5, 0.6) is 0 Å². The number of nitrogens with one attached hydrogen (secondary N) is 1. The number of carbonyl (C=O) groups is 2. The lowest BCUT2D eigenvalue weighted by molar-refractivity contribution is -0.384. The van der Waals surface area contributed by atoms with Crippen LogP contribution < -0.4 is 5.32 Å². The fraction of sp³-hybridized carbons (Fsp3) is 0.176. The molecule has 0 saturated carbocycles. The molecule has 25 heavy (non-hydrogen) atoms. The maximum absolute atomic E-state index is 13.0. The molecule has 0 aliphatic rings. The highest BCUT2D eigenvalue weighted by molar-refractivity contribution is 9.09. The summed E-state index contributed by atoms with van der Waals surface area (Å²) in [6.07, 6.45) is 0. The number of hydrogen-bond donors (Lipinski definition) is 1. The molecule has 1 N–H and O–H groups in total. The third kappa shape index (κ3) is 4.69. The van der Waals surface area contributed by atoms with Gasteiger partial charge in [0.25, 0.3) is 11.6 Å². The minimum Gasteiger partial charge on any atom is -0.346 e. The van der Waals surface area contributed by atoms with E-state index < -0.39 is 16.9 Å². The Morgan fingerprint density at radius 3 is 2.36 bits per heavy atom. The Morgan fingerprint density at radius 1 is 1.20 bits per heavy atom. The monoisotopic (exact) mass is 408 g/mol. The van der Waals surface area contributed by atoms with Gasteiger partial charge >= 0.3 is 0 Å². The molecule has 0 radical (unpaired) electrons. The van der Waals surface area contributed by atoms with E-state index in [1.54, 1.807) is 6.92 Å². The number of nitro benzene ring substituents is 1. The minimum atomic E-state index is -0.662. The van der Waals surface area contributed by atoms with Gasteiger partial charge in [-0.2, -0.15) is 0 Å². The second-order valence-corrected chi connectivity index (χ2v) is 5.89. The fourth-order valence-corrected chi connectivity index (χ4v) is 2.52. The number of Topliss-reactive ketones (excluding diaryl/α,β-unsaturated/α-hetero) is 1. The van der Waals surface area contributed by atoms with Crippen LogP contribution in [-0.4, -0.2) is 21.9 Å². The van der Waals surface area contributed by atoms with Crippen molar-refractivity contribution in [2.75, 3.05) is 5.33 Å². The highest BCUT2D eigenvalue weighted by Gasteiger charge is 2.19. The third-order valence-electron chi connectivity index (χ3n) is 3.55. The topological polar surface area (TPSA) is 89.3 Å². The van der Waals surface area contributed by atoms with Gasteiger partial charge in [0.1, 0.15) is 5.82 Å². The number of benzene rings is 2. The molecule has 0 aliphatic carbocycles. The van der Waals surface area contributed by atoms with Gasteiger partial charge in [-0.05, 0) is 30.7 Å². The van der Waals surface area contributed by atoms with Crippen LogP contribution >= 0.6 is 15.9 Å². The van der Waals surface area contributed by atoms with E-state index in [9.17, 15) is 24.1 Å². The number of halogens is 2. The molecular weight excluding hydrogens is 395 g/mol. The first kappa shape index (κ1) is 18.7. The van der Waals surface area contributed by atoms with Crippen molar-refractivity contribution < 1.29 is 18.9 Å². The third-order valence-corrected chi connectivity index (χ3v) is 4.06. The molecule has 0 bridgehead atoms. The molecule has 0 aliphatic heterocycles. The van der Waals surface area contributed by atoms with Crippen molar-refractivity contribution in [1.29, 1.82) is 0 Å². The Hall–Kier alpha value is -2.61. The standard InChI is InChI=1S/C17H14BrFN2O4/c1-10(11-2-4-14(19)5-3-11)20-17(23)13-6-12(16(22)9-18)7-15(8-13)21(24)25/h2-8,10H,9H2,1H3,(H,20,23)/t10-/m1/s1. The normalized spacial score (nSPS) is 11.6. The van der Waals surface area contributed by atoms with Gasteiger partial charge in [0.05, 0.1) is 16.3 Å². The van der Waals surface area contributed by atoms with Crippen molar-refractivity contribution >= 4 is 33.3 Å². The molecule has 0 aromatic heterocycles. The zero-order valence-corrected chi connectivity index (χ0v) is 14.7. The molecule has 0 saturated heterocycles. The van der Waals surface area contributed by atoms with Crippen LogP contribution in [-0.2, 0) is 0 Å². The molecular formula is C17H14BrFN2O4. The molecule has 0 unspecified atom stereocenters. The van der Waals surface area contributed by atoms with E-state index in [4.69, 9.17) is 0 Å². The smallest absolute Gasteiger partial charge is 0.270 e. The maximum Gasteiger partial charge on any atom is 0.270 e. The zero-order valence-electron chi connectivity index (χ0n) is 13.2. The van der Waals surface area contributed by atoms with Gasteiger partial charge in [0.2, 0.25) is 0 Å². The molecule has 1 atom stereocenters. The van der Waals surface area contributed by atoms with Gasteiger partial charge < -0.3 is 5.32 Å². The Kier molecular flexibility index (Phi) is 5.97. The Labute approximate surface area is 151 Å². The summed E-state index contributed by atoms with van der Waals surface area (Å²) >= 11 is 3.00. The summed E-state index contributed by atoms with van der Waals surface area (Å²) in [5.41, 5.74) is 0.418. The van der Waals surface area contributed by atoms with E-state index in [0.29, 0.717) is 5.56 Å². The molecule has 130 valence electrons. The zero-order chi connectivity index (χ0) is 18.6. The number of ketones is 1. The van der Waals surface area contributed by atoms with Crippen molar-refractivity contribution in [3.05, 3.63) is 75.1 Å². The lowest BCUT2D eigenvalue weighted by Crippen LogP contribution is -2.27. The van der Waals surface area contributed by atoms with E-state index in [1.165, 1.54) is 30.3 Å². The first-order valence-electron chi connectivity index (χ1n) is 7.26. The average Bonchev–Trinajstić information content (AvgIpc) is 2.60. The van der Waals surface area contributed by atoms with Crippen LogP contribution in [0.1, 0.15) is 39.2 Å². The van der Waals surface area contributed by atoms with E-state index >= 15 is 0 Å². The molecule has 2 rings (SSSR count). The number of carbonyl (C=O) groups excluding carboxylic acids is 2. The van der Waals surface area contributed by atoms with Crippen molar-refractivity contribution in [3.63, 3.8) is 0 Å². The number of hydrogen-bond acceptors (Lipinski definition) is 4. The lowest BCUT2D eigenvalue weighted by Gasteiger charge is -2.14. The first-order valence-corrected chi connectivity index (χ1v) is 8.39. The lowest BCUT2D eigenvalue weighted by atomic mass is 10.0. The number of nitrogens with zero attached hydrogens (tertiary/aromatic N) is 1. The van der Waals surface area contributed by atoms with Gasteiger partial charge in [-0.15, -0.1) is 0 Å². The summed E-state index contributed by atoms with van der Waals surface area (Å²) in [7, 11) is 0. The minimum absolute atomic E-state index is 0.00691. The average molecular weight is 409 g/mol. The van der Waals surface area contributed by atoms with E-state index in [-0.39, 0.29) is 33.7 Å². The molecule has 0 heterocycles. The summed E-state index contributed by atoms with van der Waals surface area (Å²) < 4.78 is 13.0. The predicted molar refractivity (Wildman–Crippen MR) is 93.5 cm³/mol. The Morgan fingerprint density at radius 2 is 1.80 bits per heavy atom. The van der Waals surface area contributed by atoms with Gasteiger partial charge in [-0.1, -0.05) is 28.1 Å². The molecule has 0 fully saturated rings. The molecule has 0 spiro atoms. The van der Waals surface area contributed by atoms with Crippen molar-refractivity contribution in [2.24, 2.45) is 0 Å². The van der Waals surface area contributed by atoms with Crippen LogP contribution in [0.15, 0.2) is 42.5 Å². The summed E-state index contributed by atoms with van der Waals surface area (Å²) in [6.45, 7) is 1.70. The van der Waals surface area contributed by atoms with Crippen molar-refractivity contribution in [2.45, 2.75) is 13.0 Å². The van der Waals surface area contributed by atoms with Crippen LogP contribution in [0, 0.1) is 15.9 Å². The van der Waals surface area contributed by atoms with Gasteiger partial charge in [0.15, 0.2) is 5.78 Å². The molecule has 8 heteroatoms. The number of non-ortho nitro benzene ring substituents is 1. The number of amides is 1. The molecule has 2 aromatic rings. The van der Waals surface area contributed by atoms with Crippen LogP contribution in [0.4, 0.5) is 10.1 Å². The summed E-state index contributed by atoms with van der Waals surface area (Å²) in [6, 6.07) is 8.73. The maximum atomic E-state index is 13.0. The summed E-state index contributed by atoms with van der Waals surface area (Å²) in [5.74, 6) is -1.33. The second-order valence-electron chi connectivity index (χ2n) is 5.33. The fourth-order valence-electron chi connectivity index (χ4n) is 2.20. The van der Waals surface area contributed by atoms with Gasteiger partial charge in [-0.25, -0.2) is 4.39 Å².